The smallest absolute Gasteiger partial charge is 0.294 e. The Bertz CT molecular complexity index is 1050. The van der Waals surface area contributed by atoms with Crippen LogP contribution in [0.2, 0.25) is 0 Å². The van der Waals surface area contributed by atoms with Crippen LogP contribution in [-0.4, -0.2) is 26.4 Å². The molecule has 23 heavy (non-hydrogen) atoms. The highest BCUT2D eigenvalue weighted by Crippen LogP contribution is 2.29. The number of para-hydroxylation sites is 1. The van der Waals surface area contributed by atoms with E-state index in [2.05, 4.69) is 20.2 Å². The first-order chi connectivity index (χ1) is 11.2. The quantitative estimate of drug-likeness (QED) is 0.556. The zero-order valence-corrected chi connectivity index (χ0v) is 14.3. The molecule has 0 radical (unpaired) electrons. The summed E-state index contributed by atoms with van der Waals surface area (Å²) in [6.45, 7) is 0. The number of benzene rings is 1. The summed E-state index contributed by atoms with van der Waals surface area (Å²) in [4.78, 5) is 19.5. The fourth-order valence-corrected chi connectivity index (χ4v) is 4.49. The zero-order valence-electron chi connectivity index (χ0n) is 11.9. The number of aromatic amines is 1. The Balaban J connectivity index is 1.70. The van der Waals surface area contributed by atoms with Crippen molar-refractivity contribution in [1.29, 1.82) is 0 Å². The molecule has 0 spiro atoms. The summed E-state index contributed by atoms with van der Waals surface area (Å²) >= 11 is 4.60. The van der Waals surface area contributed by atoms with E-state index >= 15 is 0 Å². The van der Waals surface area contributed by atoms with E-state index in [1.807, 2.05) is 30.5 Å². The molecule has 0 atom stereocenters. The van der Waals surface area contributed by atoms with Gasteiger partial charge in [0, 0.05) is 5.39 Å². The maximum atomic E-state index is 12.2. The van der Waals surface area contributed by atoms with Crippen molar-refractivity contribution >= 4 is 56.9 Å². The van der Waals surface area contributed by atoms with Crippen molar-refractivity contribution in [3.05, 3.63) is 40.4 Å². The summed E-state index contributed by atoms with van der Waals surface area (Å²) in [6.07, 6.45) is 1.96. The number of hydrogen-bond acceptors (Lipinski definition) is 8. The predicted octanol–water partition coefficient (Wildman–Crippen LogP) is 3.54. The molecule has 0 bridgehead atoms. The first-order valence-electron chi connectivity index (χ1n) is 6.65. The van der Waals surface area contributed by atoms with E-state index in [0.717, 1.165) is 14.1 Å². The minimum Gasteiger partial charge on any atom is -0.449 e. The van der Waals surface area contributed by atoms with Gasteiger partial charge in [0.05, 0.1) is 5.75 Å². The van der Waals surface area contributed by atoms with E-state index in [9.17, 15) is 4.79 Å². The van der Waals surface area contributed by atoms with Gasteiger partial charge in [0.2, 0.25) is 5.58 Å². The van der Waals surface area contributed by atoms with E-state index in [1.54, 1.807) is 11.8 Å². The first-order valence-corrected chi connectivity index (χ1v) is 9.68. The van der Waals surface area contributed by atoms with Crippen molar-refractivity contribution < 1.29 is 4.42 Å². The minimum atomic E-state index is -0.260. The minimum absolute atomic E-state index is 0.260. The van der Waals surface area contributed by atoms with Crippen molar-refractivity contribution in [2.24, 2.45) is 0 Å². The Labute approximate surface area is 142 Å². The van der Waals surface area contributed by atoms with Gasteiger partial charge in [0.25, 0.3) is 5.56 Å². The van der Waals surface area contributed by atoms with Gasteiger partial charge >= 0.3 is 0 Å². The molecule has 0 aliphatic rings. The molecule has 3 heterocycles. The Morgan fingerprint density at radius 2 is 2.09 bits per heavy atom. The van der Waals surface area contributed by atoms with Crippen LogP contribution in [-0.2, 0) is 5.75 Å². The summed E-state index contributed by atoms with van der Waals surface area (Å²) in [7, 11) is 0. The van der Waals surface area contributed by atoms with Crippen molar-refractivity contribution in [2.75, 3.05) is 6.26 Å². The lowest BCUT2D eigenvalue weighted by Crippen LogP contribution is -2.10. The first kappa shape index (κ1) is 14.7. The second-order valence-corrected chi connectivity index (χ2v) is 7.87. The van der Waals surface area contributed by atoms with Gasteiger partial charge in [0.15, 0.2) is 8.68 Å². The van der Waals surface area contributed by atoms with Crippen molar-refractivity contribution in [3.8, 4) is 0 Å². The van der Waals surface area contributed by atoms with E-state index in [4.69, 9.17) is 4.42 Å². The summed E-state index contributed by atoms with van der Waals surface area (Å²) in [6, 6.07) is 7.50. The largest absolute Gasteiger partial charge is 0.449 e. The van der Waals surface area contributed by atoms with Crippen LogP contribution in [0.5, 0.6) is 0 Å². The third-order valence-electron chi connectivity index (χ3n) is 3.17. The van der Waals surface area contributed by atoms with Crippen LogP contribution in [0.4, 0.5) is 0 Å². The predicted molar refractivity (Wildman–Crippen MR) is 93.4 cm³/mol. The number of nitrogens with one attached hydrogen (secondary N) is 1. The fourth-order valence-electron chi connectivity index (χ4n) is 2.18. The highest BCUT2D eigenvalue weighted by molar-refractivity contribution is 8.02. The summed E-state index contributed by atoms with van der Waals surface area (Å²) in [5.41, 5.74) is 1.27. The fraction of sp³-hybridized carbons (Fsp3) is 0.143. The van der Waals surface area contributed by atoms with E-state index in [0.29, 0.717) is 22.7 Å². The number of hydrogen-bond donors (Lipinski definition) is 1. The molecule has 0 aliphatic carbocycles. The second-order valence-electron chi connectivity index (χ2n) is 4.62. The SMILES string of the molecule is CSc1nnc(SCc2nc3c(oc4ccccc43)c(=O)[nH]2)s1. The summed E-state index contributed by atoms with van der Waals surface area (Å²) in [5, 5.41) is 9.00. The van der Waals surface area contributed by atoms with Crippen LogP contribution in [0.25, 0.3) is 22.1 Å². The number of fused-ring (bicyclic) bond motifs is 3. The number of rotatable bonds is 4. The lowest BCUT2D eigenvalue weighted by molar-refractivity contribution is 0.660. The average Bonchev–Trinajstić information content (AvgIpc) is 3.17. The standard InChI is InChI=1S/C14H10N4O2S3/c1-21-13-17-18-14(23-13)22-6-9-15-10-7-4-2-3-5-8(7)20-11(10)12(19)16-9/h2-5H,6H2,1H3,(H,15,16,19). The van der Waals surface area contributed by atoms with Crippen molar-refractivity contribution in [2.45, 2.75) is 14.4 Å². The van der Waals surface area contributed by atoms with Crippen molar-refractivity contribution in [3.63, 3.8) is 0 Å². The molecule has 9 heteroatoms. The summed E-state index contributed by atoms with van der Waals surface area (Å²) in [5.74, 6) is 1.12. The van der Waals surface area contributed by atoms with Gasteiger partial charge in [-0.3, -0.25) is 4.79 Å². The molecular weight excluding hydrogens is 352 g/mol. The Morgan fingerprint density at radius 1 is 1.26 bits per heavy atom. The molecule has 0 aliphatic heterocycles. The lowest BCUT2D eigenvalue weighted by atomic mass is 10.2. The van der Waals surface area contributed by atoms with Crippen LogP contribution < -0.4 is 5.56 Å². The molecule has 3 aromatic heterocycles. The molecule has 1 aromatic carbocycles. The van der Waals surface area contributed by atoms with Crippen LogP contribution in [0.15, 0.2) is 42.2 Å². The molecule has 6 nitrogen and oxygen atoms in total. The molecule has 0 fully saturated rings. The van der Waals surface area contributed by atoms with Crippen LogP contribution in [0.3, 0.4) is 0 Å². The highest BCUT2D eigenvalue weighted by Gasteiger charge is 2.13. The number of aromatic nitrogens is 4. The Kier molecular flexibility index (Phi) is 3.83. The number of H-pyrrole nitrogens is 1. The lowest BCUT2D eigenvalue weighted by Gasteiger charge is -1.98. The van der Waals surface area contributed by atoms with Crippen LogP contribution in [0.1, 0.15) is 5.82 Å². The third kappa shape index (κ3) is 2.75. The molecule has 4 rings (SSSR count). The maximum Gasteiger partial charge on any atom is 0.294 e. The van der Waals surface area contributed by atoms with Gasteiger partial charge in [0.1, 0.15) is 16.9 Å². The van der Waals surface area contributed by atoms with Gasteiger partial charge < -0.3 is 9.40 Å². The van der Waals surface area contributed by atoms with E-state index < -0.39 is 0 Å². The molecule has 0 amide bonds. The monoisotopic (exact) mass is 362 g/mol. The number of furan rings is 1. The third-order valence-corrected chi connectivity index (χ3v) is 6.22. The second kappa shape index (κ2) is 5.99. The molecule has 4 aromatic rings. The molecular formula is C14H10N4O2S3. The van der Waals surface area contributed by atoms with Crippen LogP contribution >= 0.6 is 34.9 Å². The highest BCUT2D eigenvalue weighted by atomic mass is 32.2. The van der Waals surface area contributed by atoms with Gasteiger partial charge in [-0.05, 0) is 18.4 Å². The number of thioether (sulfide) groups is 2. The van der Waals surface area contributed by atoms with E-state index in [1.165, 1.54) is 23.1 Å². The molecule has 0 unspecified atom stereocenters. The van der Waals surface area contributed by atoms with Crippen LogP contribution in [0, 0.1) is 0 Å². The Hall–Kier alpha value is -1.84. The summed E-state index contributed by atoms with van der Waals surface area (Å²) < 4.78 is 7.36. The van der Waals surface area contributed by atoms with Gasteiger partial charge in [-0.1, -0.05) is 47.0 Å². The molecule has 116 valence electrons. The average molecular weight is 362 g/mol. The molecule has 0 saturated carbocycles. The van der Waals surface area contributed by atoms with Gasteiger partial charge in [-0.25, -0.2) is 4.98 Å². The van der Waals surface area contributed by atoms with Gasteiger partial charge in [-0.2, -0.15) is 0 Å². The number of nitrogens with zero attached hydrogens (tertiary/aromatic N) is 3. The molecule has 0 saturated heterocycles. The molecule has 1 N–H and O–H groups in total. The maximum absolute atomic E-state index is 12.2. The topological polar surface area (TPSA) is 84.7 Å². The van der Waals surface area contributed by atoms with Gasteiger partial charge in [-0.15, -0.1) is 10.2 Å². The van der Waals surface area contributed by atoms with Crippen molar-refractivity contribution in [1.82, 2.24) is 20.2 Å². The van der Waals surface area contributed by atoms with E-state index in [-0.39, 0.29) is 11.1 Å². The Morgan fingerprint density at radius 3 is 2.91 bits per heavy atom. The normalized spacial score (nSPS) is 11.5. The zero-order chi connectivity index (χ0) is 15.8.